The summed E-state index contributed by atoms with van der Waals surface area (Å²) in [6.07, 6.45) is 4.57. The number of nitrogens with one attached hydrogen (secondary N) is 1. The van der Waals surface area contributed by atoms with Crippen molar-refractivity contribution in [1.29, 1.82) is 0 Å². The zero-order valence-electron chi connectivity index (χ0n) is 18.4. The Morgan fingerprint density at radius 2 is 1.84 bits per heavy atom. The van der Waals surface area contributed by atoms with Crippen LogP contribution in [-0.4, -0.2) is 37.2 Å². The van der Waals surface area contributed by atoms with Gasteiger partial charge in [-0.15, -0.1) is 0 Å². The van der Waals surface area contributed by atoms with Gasteiger partial charge in [-0.1, -0.05) is 37.3 Å². The predicted molar refractivity (Wildman–Crippen MR) is 123 cm³/mol. The molecule has 3 rings (SSSR count). The highest BCUT2D eigenvalue weighted by Gasteiger charge is 2.38. The number of rotatable bonds is 9. The van der Waals surface area contributed by atoms with Crippen molar-refractivity contribution >= 4 is 29.3 Å². The van der Waals surface area contributed by atoms with Crippen molar-refractivity contribution in [2.75, 3.05) is 30.0 Å². The molecule has 2 aromatic carbocycles. The first-order chi connectivity index (χ1) is 14.9. The molecule has 164 valence electrons. The monoisotopic (exact) mass is 422 g/mol. The summed E-state index contributed by atoms with van der Waals surface area (Å²) < 4.78 is 11.0. The zero-order chi connectivity index (χ0) is 22.3. The number of carbonyl (C=O) groups is 2. The molecular formula is C25H30N2O4. The van der Waals surface area contributed by atoms with Gasteiger partial charge >= 0.3 is 5.97 Å². The van der Waals surface area contributed by atoms with Crippen molar-refractivity contribution in [1.82, 2.24) is 0 Å². The summed E-state index contributed by atoms with van der Waals surface area (Å²) in [5, 5.41) is 3.28. The van der Waals surface area contributed by atoms with Crippen molar-refractivity contribution in [2.24, 2.45) is 0 Å². The topological polar surface area (TPSA) is 67.9 Å². The van der Waals surface area contributed by atoms with Gasteiger partial charge in [0.25, 0.3) is 5.91 Å². The highest BCUT2D eigenvalue weighted by Crippen LogP contribution is 2.35. The van der Waals surface area contributed by atoms with Gasteiger partial charge in [-0.2, -0.15) is 0 Å². The SMILES string of the molecule is CCCOc1ccccc1/C=C/C(=O)OCCCN1C(=O)C(C)(C)Nc2ccccc21. The quantitative estimate of drug-likeness (QED) is 0.362. The number of nitrogens with zero attached hydrogens (tertiary/aromatic N) is 1. The number of carbonyl (C=O) groups excluding carboxylic acids is 2. The Kier molecular flexibility index (Phi) is 7.34. The normalized spacial score (nSPS) is 14.8. The number of anilines is 2. The first kappa shape index (κ1) is 22.4. The van der Waals surface area contributed by atoms with Crippen molar-refractivity contribution < 1.29 is 19.1 Å². The molecule has 1 N–H and O–H groups in total. The lowest BCUT2D eigenvalue weighted by molar-refractivity contribution is -0.137. The van der Waals surface area contributed by atoms with Crippen LogP contribution in [0.25, 0.3) is 6.08 Å². The Morgan fingerprint density at radius 3 is 2.65 bits per heavy atom. The van der Waals surface area contributed by atoms with E-state index in [-0.39, 0.29) is 12.5 Å². The van der Waals surface area contributed by atoms with E-state index in [0.717, 1.165) is 29.1 Å². The molecule has 1 aliphatic heterocycles. The molecule has 6 heteroatoms. The average Bonchev–Trinajstić information content (AvgIpc) is 2.76. The minimum atomic E-state index is -0.680. The molecule has 0 aromatic heterocycles. The average molecular weight is 423 g/mol. The summed E-state index contributed by atoms with van der Waals surface area (Å²) in [6.45, 7) is 7.11. The number of amides is 1. The summed E-state index contributed by atoms with van der Waals surface area (Å²) in [4.78, 5) is 26.7. The van der Waals surface area contributed by atoms with Gasteiger partial charge in [0.15, 0.2) is 0 Å². The van der Waals surface area contributed by atoms with Gasteiger partial charge in [0.2, 0.25) is 0 Å². The van der Waals surface area contributed by atoms with Gasteiger partial charge in [0.05, 0.1) is 24.6 Å². The standard InChI is InChI=1S/C25H30N2O4/c1-4-17-30-22-13-8-5-10-19(22)14-15-23(28)31-18-9-16-27-21-12-7-6-11-20(21)26-25(2,3)24(27)29/h5-8,10-15,26H,4,9,16-18H2,1-3H3/b15-14+. The lowest BCUT2D eigenvalue weighted by Gasteiger charge is -2.39. The van der Waals surface area contributed by atoms with Crippen molar-refractivity contribution in [3.8, 4) is 5.75 Å². The fourth-order valence-electron chi connectivity index (χ4n) is 3.44. The lowest BCUT2D eigenvalue weighted by Crippen LogP contribution is -2.54. The molecular weight excluding hydrogens is 392 g/mol. The molecule has 0 bridgehead atoms. The van der Waals surface area contributed by atoms with Gasteiger partial charge in [0, 0.05) is 18.2 Å². The van der Waals surface area contributed by atoms with E-state index in [1.165, 1.54) is 6.08 Å². The Morgan fingerprint density at radius 1 is 1.10 bits per heavy atom. The molecule has 0 spiro atoms. The van der Waals surface area contributed by atoms with Gasteiger partial charge in [-0.25, -0.2) is 4.79 Å². The van der Waals surface area contributed by atoms with Crippen LogP contribution in [0.5, 0.6) is 5.75 Å². The summed E-state index contributed by atoms with van der Waals surface area (Å²) in [7, 11) is 0. The maximum atomic E-state index is 12.8. The number of hydrogen-bond acceptors (Lipinski definition) is 5. The molecule has 0 unspecified atom stereocenters. The van der Waals surface area contributed by atoms with Crippen LogP contribution in [0.2, 0.25) is 0 Å². The number of hydrogen-bond donors (Lipinski definition) is 1. The van der Waals surface area contributed by atoms with Gasteiger partial charge in [-0.3, -0.25) is 4.79 Å². The van der Waals surface area contributed by atoms with E-state index in [2.05, 4.69) is 5.32 Å². The van der Waals surface area contributed by atoms with Gasteiger partial charge in [0.1, 0.15) is 11.3 Å². The fourth-order valence-corrected chi connectivity index (χ4v) is 3.44. The van der Waals surface area contributed by atoms with Crippen LogP contribution < -0.4 is 15.0 Å². The minimum Gasteiger partial charge on any atom is -0.493 e. The Labute approximate surface area is 183 Å². The van der Waals surface area contributed by atoms with Crippen LogP contribution in [0.15, 0.2) is 54.6 Å². The molecule has 0 fully saturated rings. The molecule has 1 heterocycles. The molecule has 0 saturated carbocycles. The van der Waals surface area contributed by atoms with Gasteiger partial charge < -0.3 is 19.7 Å². The molecule has 0 aliphatic carbocycles. The molecule has 31 heavy (non-hydrogen) atoms. The Bertz CT molecular complexity index is 952. The minimum absolute atomic E-state index is 0.00103. The highest BCUT2D eigenvalue weighted by atomic mass is 16.5. The lowest BCUT2D eigenvalue weighted by atomic mass is 9.98. The molecule has 0 saturated heterocycles. The second-order valence-electron chi connectivity index (χ2n) is 7.96. The number of benzene rings is 2. The summed E-state index contributed by atoms with van der Waals surface area (Å²) in [6, 6.07) is 15.3. The summed E-state index contributed by atoms with van der Waals surface area (Å²) in [5.41, 5.74) is 1.93. The van der Waals surface area contributed by atoms with E-state index in [4.69, 9.17) is 9.47 Å². The van der Waals surface area contributed by atoms with Crippen LogP contribution in [0.4, 0.5) is 11.4 Å². The smallest absolute Gasteiger partial charge is 0.330 e. The van der Waals surface area contributed by atoms with Crippen molar-refractivity contribution in [2.45, 2.75) is 39.2 Å². The Hall–Kier alpha value is -3.28. The molecule has 1 amide bonds. The van der Waals surface area contributed by atoms with Crippen LogP contribution in [0.1, 0.15) is 39.2 Å². The van der Waals surface area contributed by atoms with Crippen molar-refractivity contribution in [3.63, 3.8) is 0 Å². The van der Waals surface area contributed by atoms with E-state index in [9.17, 15) is 9.59 Å². The fraction of sp³-hybridized carbons (Fsp3) is 0.360. The van der Waals surface area contributed by atoms with Crippen LogP contribution >= 0.6 is 0 Å². The van der Waals surface area contributed by atoms with E-state index in [0.29, 0.717) is 19.6 Å². The molecule has 1 aliphatic rings. The maximum Gasteiger partial charge on any atom is 0.330 e. The predicted octanol–water partition coefficient (Wildman–Crippen LogP) is 4.66. The third-order valence-corrected chi connectivity index (χ3v) is 4.97. The first-order valence-electron chi connectivity index (χ1n) is 10.7. The van der Waals surface area contributed by atoms with Crippen LogP contribution in [-0.2, 0) is 14.3 Å². The third-order valence-electron chi connectivity index (χ3n) is 4.97. The summed E-state index contributed by atoms with van der Waals surface area (Å²) >= 11 is 0. The molecule has 6 nitrogen and oxygen atoms in total. The number of para-hydroxylation sites is 3. The second kappa shape index (κ2) is 10.2. The summed E-state index contributed by atoms with van der Waals surface area (Å²) in [5.74, 6) is 0.325. The maximum absolute atomic E-state index is 12.8. The first-order valence-corrected chi connectivity index (χ1v) is 10.7. The third kappa shape index (κ3) is 5.66. The van der Waals surface area contributed by atoms with E-state index in [1.54, 1.807) is 11.0 Å². The largest absolute Gasteiger partial charge is 0.493 e. The molecule has 0 radical (unpaired) electrons. The van der Waals surface area contributed by atoms with Crippen molar-refractivity contribution in [3.05, 3.63) is 60.2 Å². The van der Waals surface area contributed by atoms with Gasteiger partial charge in [-0.05, 0) is 51.0 Å². The zero-order valence-corrected chi connectivity index (χ0v) is 18.4. The van der Waals surface area contributed by atoms with Crippen LogP contribution in [0.3, 0.4) is 0 Å². The molecule has 2 aromatic rings. The highest BCUT2D eigenvalue weighted by molar-refractivity contribution is 6.07. The van der Waals surface area contributed by atoms with E-state index < -0.39 is 11.5 Å². The second-order valence-corrected chi connectivity index (χ2v) is 7.96. The van der Waals surface area contributed by atoms with E-state index >= 15 is 0 Å². The number of fused-ring (bicyclic) bond motifs is 1. The Balaban J connectivity index is 1.53. The number of esters is 1. The van der Waals surface area contributed by atoms with Crippen LogP contribution in [0, 0.1) is 0 Å². The number of ether oxygens (including phenoxy) is 2. The molecule has 0 atom stereocenters. The van der Waals surface area contributed by atoms with E-state index in [1.807, 2.05) is 69.3 Å².